The van der Waals surface area contributed by atoms with Crippen molar-refractivity contribution in [2.75, 3.05) is 0 Å². The number of nitrogens with zero attached hydrogens (tertiary/aromatic N) is 1. The number of hydrogen-bond acceptors (Lipinski definition) is 3. The Kier molecular flexibility index (Phi) is 4.71. The summed E-state index contributed by atoms with van der Waals surface area (Å²) in [7, 11) is 0. The number of carbonyl (C=O) groups is 1. The Hall–Kier alpha value is -1.76. The summed E-state index contributed by atoms with van der Waals surface area (Å²) < 4.78 is 41.0. The van der Waals surface area contributed by atoms with Crippen LogP contribution < -0.4 is 4.74 Å². The van der Waals surface area contributed by atoms with Crippen molar-refractivity contribution >= 4 is 5.97 Å². The largest absolute Gasteiger partial charge is 0.573 e. The number of hydrogen-bond donors (Lipinski definition) is 1. The second-order valence-corrected chi connectivity index (χ2v) is 6.57. The molecular weight excluding hydrogens is 323 g/mol. The summed E-state index contributed by atoms with van der Waals surface area (Å²) in [6.45, 7) is 0.327. The first-order valence-electron chi connectivity index (χ1n) is 8.17. The molecule has 3 rings (SSSR count). The molecule has 0 spiro atoms. The van der Waals surface area contributed by atoms with Crippen molar-refractivity contribution in [1.29, 1.82) is 0 Å². The molecule has 1 heterocycles. The minimum Gasteiger partial charge on any atom is -0.480 e. The topological polar surface area (TPSA) is 49.8 Å². The monoisotopic (exact) mass is 343 g/mol. The van der Waals surface area contributed by atoms with E-state index in [9.17, 15) is 23.1 Å². The normalized spacial score (nSPS) is 27.7. The predicted octanol–water partition coefficient (Wildman–Crippen LogP) is 3.80. The highest BCUT2D eigenvalue weighted by Crippen LogP contribution is 2.40. The number of likely N-dealkylation sites (tertiary alicyclic amines) is 1. The highest BCUT2D eigenvalue weighted by atomic mass is 19.4. The molecule has 1 saturated carbocycles. The minimum absolute atomic E-state index is 0.201. The zero-order chi connectivity index (χ0) is 17.3. The van der Waals surface area contributed by atoms with Crippen molar-refractivity contribution in [3.8, 4) is 5.75 Å². The van der Waals surface area contributed by atoms with Crippen LogP contribution in [0.4, 0.5) is 13.2 Å². The second-order valence-electron chi connectivity index (χ2n) is 6.57. The molecule has 0 radical (unpaired) electrons. The Balaban J connectivity index is 1.78. The molecule has 0 bridgehead atoms. The summed E-state index contributed by atoms with van der Waals surface area (Å²) in [5, 5.41) is 9.50. The SMILES string of the molecule is O=C(O)C1CC2CCCCC2N1Cc1cccc(OC(F)(F)F)c1. The number of ether oxygens (including phenoxy) is 1. The number of aliphatic carboxylic acids is 1. The molecule has 1 saturated heterocycles. The van der Waals surface area contributed by atoms with E-state index in [-0.39, 0.29) is 11.8 Å². The van der Waals surface area contributed by atoms with Gasteiger partial charge in [-0.25, -0.2) is 0 Å². The number of carboxylic acids is 1. The number of carboxylic acid groups (broad SMARTS) is 1. The summed E-state index contributed by atoms with van der Waals surface area (Å²) in [6.07, 6.45) is 0.0654. The van der Waals surface area contributed by atoms with Crippen molar-refractivity contribution < 1.29 is 27.8 Å². The number of alkyl halides is 3. The van der Waals surface area contributed by atoms with Crippen LogP contribution in [0.15, 0.2) is 24.3 Å². The van der Waals surface area contributed by atoms with Crippen LogP contribution in [-0.4, -0.2) is 34.4 Å². The maximum absolute atomic E-state index is 12.4. The first-order chi connectivity index (χ1) is 11.3. The van der Waals surface area contributed by atoms with Crippen molar-refractivity contribution in [3.05, 3.63) is 29.8 Å². The quantitative estimate of drug-likeness (QED) is 0.903. The third-order valence-corrected chi connectivity index (χ3v) is 5.00. The Bertz CT molecular complexity index is 605. The standard InChI is InChI=1S/C17H20F3NO3/c18-17(19,20)24-13-6-3-4-11(8-13)10-21-14-7-2-1-5-12(14)9-15(21)16(22)23/h3-4,6,8,12,14-15H,1-2,5,7,9-10H2,(H,22,23). The van der Waals surface area contributed by atoms with E-state index in [2.05, 4.69) is 4.74 Å². The third-order valence-electron chi connectivity index (χ3n) is 5.00. The Morgan fingerprint density at radius 1 is 1.29 bits per heavy atom. The van der Waals surface area contributed by atoms with Gasteiger partial charge in [-0.05, 0) is 42.9 Å². The summed E-state index contributed by atoms with van der Waals surface area (Å²) in [6, 6.07) is 5.43. The average molecular weight is 343 g/mol. The van der Waals surface area contributed by atoms with E-state index < -0.39 is 18.4 Å². The van der Waals surface area contributed by atoms with Crippen molar-refractivity contribution in [1.82, 2.24) is 4.90 Å². The summed E-state index contributed by atoms with van der Waals surface area (Å²) in [4.78, 5) is 13.5. The first-order valence-corrected chi connectivity index (χ1v) is 8.17. The molecule has 3 unspecified atom stereocenters. The molecule has 3 atom stereocenters. The second kappa shape index (κ2) is 6.63. The van der Waals surface area contributed by atoms with E-state index >= 15 is 0 Å². The molecule has 132 valence electrons. The highest BCUT2D eigenvalue weighted by Gasteiger charge is 2.45. The molecule has 1 aromatic rings. The van der Waals surface area contributed by atoms with E-state index in [1.807, 2.05) is 4.90 Å². The van der Waals surface area contributed by atoms with Crippen LogP contribution in [0.1, 0.15) is 37.7 Å². The Labute approximate surface area is 138 Å². The molecule has 2 aliphatic rings. The predicted molar refractivity (Wildman–Crippen MR) is 80.5 cm³/mol. The van der Waals surface area contributed by atoms with Crippen LogP contribution in [0, 0.1) is 5.92 Å². The van der Waals surface area contributed by atoms with Crippen LogP contribution in [-0.2, 0) is 11.3 Å². The molecule has 2 fully saturated rings. The fourth-order valence-electron chi connectivity index (χ4n) is 4.07. The van der Waals surface area contributed by atoms with Gasteiger partial charge in [0, 0.05) is 12.6 Å². The van der Waals surface area contributed by atoms with E-state index in [4.69, 9.17) is 0 Å². The van der Waals surface area contributed by atoms with Gasteiger partial charge in [0.1, 0.15) is 11.8 Å². The lowest BCUT2D eigenvalue weighted by molar-refractivity contribution is -0.274. The van der Waals surface area contributed by atoms with Crippen LogP contribution in [0.2, 0.25) is 0 Å². The summed E-state index contributed by atoms with van der Waals surface area (Å²) >= 11 is 0. The maximum Gasteiger partial charge on any atom is 0.573 e. The highest BCUT2D eigenvalue weighted by molar-refractivity contribution is 5.74. The number of halogens is 3. The van der Waals surface area contributed by atoms with Crippen LogP contribution in [0.5, 0.6) is 5.75 Å². The van der Waals surface area contributed by atoms with E-state index in [0.29, 0.717) is 24.4 Å². The molecule has 7 heteroatoms. The van der Waals surface area contributed by atoms with Crippen LogP contribution in [0.25, 0.3) is 0 Å². The third kappa shape index (κ3) is 3.83. The first kappa shape index (κ1) is 17.1. The molecule has 1 aromatic carbocycles. The molecule has 0 aromatic heterocycles. The summed E-state index contributed by atoms with van der Waals surface area (Å²) in [5.74, 6) is -0.757. The number of benzene rings is 1. The van der Waals surface area contributed by atoms with Gasteiger partial charge in [-0.2, -0.15) is 0 Å². The van der Waals surface area contributed by atoms with Gasteiger partial charge in [-0.15, -0.1) is 13.2 Å². The van der Waals surface area contributed by atoms with Gasteiger partial charge in [0.15, 0.2) is 0 Å². The van der Waals surface area contributed by atoms with Gasteiger partial charge >= 0.3 is 12.3 Å². The zero-order valence-electron chi connectivity index (χ0n) is 13.1. The molecular formula is C17H20F3NO3. The van der Waals surface area contributed by atoms with Gasteiger partial charge in [0.05, 0.1) is 0 Å². The molecule has 0 amide bonds. The molecule has 24 heavy (non-hydrogen) atoms. The Morgan fingerprint density at radius 3 is 2.75 bits per heavy atom. The van der Waals surface area contributed by atoms with Gasteiger partial charge in [0.2, 0.25) is 0 Å². The van der Waals surface area contributed by atoms with Crippen molar-refractivity contribution in [2.45, 2.75) is 57.1 Å². The number of fused-ring (bicyclic) bond motifs is 1. The smallest absolute Gasteiger partial charge is 0.480 e. The Morgan fingerprint density at radius 2 is 2.04 bits per heavy atom. The van der Waals surface area contributed by atoms with Crippen LogP contribution >= 0.6 is 0 Å². The van der Waals surface area contributed by atoms with Gasteiger partial charge in [-0.1, -0.05) is 25.0 Å². The molecule has 4 nitrogen and oxygen atoms in total. The lowest BCUT2D eigenvalue weighted by Crippen LogP contribution is -2.41. The van der Waals surface area contributed by atoms with Crippen LogP contribution in [0.3, 0.4) is 0 Å². The number of rotatable bonds is 4. The van der Waals surface area contributed by atoms with E-state index in [1.165, 1.54) is 18.2 Å². The zero-order valence-corrected chi connectivity index (χ0v) is 13.1. The van der Waals surface area contributed by atoms with Crippen molar-refractivity contribution in [2.24, 2.45) is 5.92 Å². The fourth-order valence-corrected chi connectivity index (χ4v) is 4.07. The van der Waals surface area contributed by atoms with Gasteiger partial charge in [-0.3, -0.25) is 9.69 Å². The van der Waals surface area contributed by atoms with Gasteiger partial charge in [0.25, 0.3) is 0 Å². The fraction of sp³-hybridized carbons (Fsp3) is 0.588. The van der Waals surface area contributed by atoms with Crippen molar-refractivity contribution in [3.63, 3.8) is 0 Å². The van der Waals surface area contributed by atoms with E-state index in [1.54, 1.807) is 6.07 Å². The lowest BCUT2D eigenvalue weighted by atomic mass is 9.84. The molecule has 1 aliphatic heterocycles. The maximum atomic E-state index is 12.4. The molecule has 1 aliphatic carbocycles. The summed E-state index contributed by atoms with van der Waals surface area (Å²) in [5.41, 5.74) is 0.634. The minimum atomic E-state index is -4.73. The van der Waals surface area contributed by atoms with Gasteiger partial charge < -0.3 is 9.84 Å². The molecule has 1 N–H and O–H groups in total. The average Bonchev–Trinajstić information content (AvgIpc) is 2.85. The van der Waals surface area contributed by atoms with E-state index in [0.717, 1.165) is 25.7 Å². The lowest BCUT2D eigenvalue weighted by Gasteiger charge is -2.33.